The molecule has 2 heterocycles. The molecule has 35 heavy (non-hydrogen) atoms. The van der Waals surface area contributed by atoms with Crippen LogP contribution in [0.15, 0.2) is 59.7 Å². The van der Waals surface area contributed by atoms with Crippen LogP contribution in [0.3, 0.4) is 0 Å². The van der Waals surface area contributed by atoms with Crippen molar-refractivity contribution in [1.82, 2.24) is 19.2 Å². The minimum atomic E-state index is -2.79. The molecule has 4 rings (SSSR count). The van der Waals surface area contributed by atoms with Gasteiger partial charge in [-0.2, -0.15) is 0 Å². The molecule has 184 valence electrons. The van der Waals surface area contributed by atoms with Gasteiger partial charge >= 0.3 is 0 Å². The number of rotatable bonds is 8. The molecule has 11 heteroatoms. The maximum Gasteiger partial charge on any atom is 0.274 e. The number of halogens is 2. The summed E-state index contributed by atoms with van der Waals surface area (Å²) in [5.41, 5.74) is 2.13. The second-order valence-electron chi connectivity index (χ2n) is 8.26. The minimum Gasteiger partial charge on any atom is -0.454 e. The smallest absolute Gasteiger partial charge is 0.274 e. The number of thiol groups is 1. The summed E-state index contributed by atoms with van der Waals surface area (Å²) in [7, 11) is 2.47. The lowest BCUT2D eigenvalue weighted by Gasteiger charge is -2.25. The van der Waals surface area contributed by atoms with Gasteiger partial charge in [0.25, 0.3) is 5.56 Å². The summed E-state index contributed by atoms with van der Waals surface area (Å²) in [5.74, 6) is -1.47. The summed E-state index contributed by atoms with van der Waals surface area (Å²) in [6.45, 7) is 0.130. The highest BCUT2D eigenvalue weighted by Crippen LogP contribution is 2.39. The van der Waals surface area contributed by atoms with E-state index in [1.807, 2.05) is 25.1 Å². The van der Waals surface area contributed by atoms with Crippen molar-refractivity contribution in [2.45, 2.75) is 6.04 Å². The average Bonchev–Trinajstić information content (AvgIpc) is 3.29. The Balaban J connectivity index is 1.92. The summed E-state index contributed by atoms with van der Waals surface area (Å²) in [5, 5.41) is 0.636. The number of aryl methyl sites for hydroxylation is 1. The molecule has 0 amide bonds. The van der Waals surface area contributed by atoms with E-state index in [0.29, 0.717) is 22.0 Å². The molecule has 4 aromatic rings. The monoisotopic (exact) mass is 502 g/mol. The van der Waals surface area contributed by atoms with E-state index in [9.17, 15) is 22.0 Å². The predicted octanol–water partition coefficient (Wildman–Crippen LogP) is 3.32. The van der Waals surface area contributed by atoms with Crippen molar-refractivity contribution in [3.8, 4) is 22.6 Å². The lowest BCUT2D eigenvalue weighted by atomic mass is 9.97. The Labute approximate surface area is 201 Å². The molecule has 0 aliphatic rings. The standard InChI is InChI=1S/C24H24F2N4O4S/c1-29(2)20(12-28-35(32)33)14-4-6-21(34-22-7-5-15(25)11-19(22)26)17(10-14)18-13-30(3)24(31)23-16(18)8-9-27-23/h4-11,13,20,27,35H,12H2,1-3H3,(H,28,32,33). The molecule has 0 saturated heterocycles. The van der Waals surface area contributed by atoms with Gasteiger partial charge in [0.2, 0.25) is 10.9 Å². The third-order valence-corrected chi connectivity index (χ3v) is 6.16. The predicted molar refractivity (Wildman–Crippen MR) is 130 cm³/mol. The zero-order chi connectivity index (χ0) is 25.3. The number of likely N-dealkylation sites (N-methyl/N-ethyl adjacent to an activating group) is 1. The first-order valence-electron chi connectivity index (χ1n) is 10.6. The van der Waals surface area contributed by atoms with Gasteiger partial charge in [-0.1, -0.05) is 6.07 Å². The lowest BCUT2D eigenvalue weighted by molar-refractivity contribution is 0.300. The van der Waals surface area contributed by atoms with Crippen molar-refractivity contribution in [2.75, 3.05) is 20.6 Å². The quantitative estimate of drug-likeness (QED) is 0.321. The van der Waals surface area contributed by atoms with Gasteiger partial charge in [-0.15, -0.1) is 0 Å². The Morgan fingerprint density at radius 2 is 1.83 bits per heavy atom. The third-order valence-electron chi connectivity index (χ3n) is 5.72. The molecule has 8 nitrogen and oxygen atoms in total. The highest BCUT2D eigenvalue weighted by atomic mass is 32.2. The molecular weight excluding hydrogens is 478 g/mol. The van der Waals surface area contributed by atoms with Crippen LogP contribution in [-0.4, -0.2) is 43.5 Å². The molecule has 0 spiro atoms. The molecule has 1 unspecified atom stereocenters. The van der Waals surface area contributed by atoms with Crippen molar-refractivity contribution in [2.24, 2.45) is 7.05 Å². The highest BCUT2D eigenvalue weighted by Gasteiger charge is 2.20. The van der Waals surface area contributed by atoms with Crippen molar-refractivity contribution in [1.29, 1.82) is 0 Å². The molecule has 0 bridgehead atoms. The molecule has 0 radical (unpaired) electrons. The maximum atomic E-state index is 14.4. The van der Waals surface area contributed by atoms with E-state index in [1.165, 1.54) is 10.6 Å². The van der Waals surface area contributed by atoms with E-state index < -0.39 is 22.5 Å². The van der Waals surface area contributed by atoms with Crippen LogP contribution in [0.5, 0.6) is 11.5 Å². The Morgan fingerprint density at radius 1 is 1.09 bits per heavy atom. The number of benzene rings is 2. The van der Waals surface area contributed by atoms with Crippen LogP contribution in [0.1, 0.15) is 11.6 Å². The van der Waals surface area contributed by atoms with Crippen LogP contribution >= 0.6 is 0 Å². The second-order valence-corrected chi connectivity index (χ2v) is 9.09. The molecule has 0 saturated carbocycles. The Hall–Kier alpha value is -3.54. The molecule has 0 aliphatic heterocycles. The van der Waals surface area contributed by atoms with Crippen LogP contribution in [0.2, 0.25) is 0 Å². The van der Waals surface area contributed by atoms with Gasteiger partial charge in [-0.3, -0.25) is 4.79 Å². The fourth-order valence-electron chi connectivity index (χ4n) is 3.97. The normalized spacial score (nSPS) is 12.5. The lowest BCUT2D eigenvalue weighted by Crippen LogP contribution is -2.30. The summed E-state index contributed by atoms with van der Waals surface area (Å²) < 4.78 is 59.8. The molecular formula is C24H24F2N4O4S. The van der Waals surface area contributed by atoms with Gasteiger partial charge in [-0.25, -0.2) is 21.9 Å². The van der Waals surface area contributed by atoms with Crippen molar-refractivity contribution in [3.63, 3.8) is 0 Å². The first-order valence-corrected chi connectivity index (χ1v) is 11.8. The van der Waals surface area contributed by atoms with Gasteiger partial charge in [0, 0.05) is 54.6 Å². The maximum absolute atomic E-state index is 14.4. The summed E-state index contributed by atoms with van der Waals surface area (Å²) >= 11 is 0. The first-order chi connectivity index (χ1) is 16.7. The first kappa shape index (κ1) is 24.6. The summed E-state index contributed by atoms with van der Waals surface area (Å²) in [4.78, 5) is 17.4. The number of pyridine rings is 1. The van der Waals surface area contributed by atoms with Crippen molar-refractivity contribution < 1.29 is 21.9 Å². The molecule has 1 atom stereocenters. The van der Waals surface area contributed by atoms with Crippen LogP contribution in [0, 0.1) is 11.6 Å². The van der Waals surface area contributed by atoms with E-state index in [4.69, 9.17) is 4.74 Å². The molecule has 2 aromatic carbocycles. The van der Waals surface area contributed by atoms with Gasteiger partial charge in [0.1, 0.15) is 17.1 Å². The van der Waals surface area contributed by atoms with E-state index >= 15 is 0 Å². The van der Waals surface area contributed by atoms with E-state index in [2.05, 4.69) is 9.71 Å². The molecule has 2 aromatic heterocycles. The molecule has 0 fully saturated rings. The van der Waals surface area contributed by atoms with Gasteiger partial charge in [-0.05, 0) is 50.0 Å². The number of hydrogen-bond acceptors (Lipinski definition) is 5. The zero-order valence-electron chi connectivity index (χ0n) is 19.2. The van der Waals surface area contributed by atoms with E-state index in [-0.39, 0.29) is 29.6 Å². The Morgan fingerprint density at radius 3 is 2.51 bits per heavy atom. The average molecular weight is 503 g/mol. The zero-order valence-corrected chi connectivity index (χ0v) is 20.1. The fourth-order valence-corrected chi connectivity index (χ4v) is 4.30. The third kappa shape index (κ3) is 5.11. The van der Waals surface area contributed by atoms with E-state index in [0.717, 1.165) is 17.7 Å². The Bertz CT molecular complexity index is 1520. The minimum absolute atomic E-state index is 0.130. The number of fused-ring (bicyclic) bond motifs is 1. The number of H-pyrrole nitrogens is 1. The van der Waals surface area contributed by atoms with E-state index in [1.54, 1.807) is 37.6 Å². The molecule has 2 N–H and O–H groups in total. The Kier molecular flexibility index (Phi) is 7.01. The largest absolute Gasteiger partial charge is 0.454 e. The van der Waals surface area contributed by atoms with Crippen molar-refractivity contribution >= 4 is 21.8 Å². The van der Waals surface area contributed by atoms with Crippen molar-refractivity contribution in [3.05, 3.63) is 82.4 Å². The van der Waals surface area contributed by atoms with Crippen LogP contribution in [0.25, 0.3) is 22.0 Å². The fraction of sp³-hybridized carbons (Fsp3) is 0.208. The SMILES string of the molecule is CN(C)C(CN[SH](=O)=O)c1ccc(Oc2ccc(F)cc2F)c(-c2cn(C)c(=O)c3[nH]ccc23)c1. The number of aromatic amines is 1. The number of ether oxygens (including phenoxy) is 1. The van der Waals surface area contributed by atoms with Gasteiger partial charge in [0.05, 0.1) is 0 Å². The van der Waals surface area contributed by atoms with Gasteiger partial charge < -0.3 is 19.2 Å². The summed E-state index contributed by atoms with van der Waals surface area (Å²) in [6, 6.07) is 9.67. The van der Waals surface area contributed by atoms with Gasteiger partial charge in [0.15, 0.2) is 11.6 Å². The summed E-state index contributed by atoms with van der Waals surface area (Å²) in [6.07, 6.45) is 3.31. The number of nitrogens with one attached hydrogen (secondary N) is 2. The number of nitrogens with zero attached hydrogens (tertiary/aromatic N) is 2. The van der Waals surface area contributed by atoms with Crippen LogP contribution < -0.4 is 15.0 Å². The van der Waals surface area contributed by atoms with Crippen LogP contribution in [-0.2, 0) is 17.9 Å². The number of aromatic nitrogens is 2. The second kappa shape index (κ2) is 9.98. The number of hydrogen-bond donors (Lipinski definition) is 3. The van der Waals surface area contributed by atoms with Crippen LogP contribution in [0.4, 0.5) is 8.78 Å². The topological polar surface area (TPSA) is 96.4 Å². The molecule has 0 aliphatic carbocycles. The highest BCUT2D eigenvalue weighted by molar-refractivity contribution is 7.70.